The molecule has 0 amide bonds. The monoisotopic (exact) mass is 272 g/mol. The first kappa shape index (κ1) is 14.9. The number of ether oxygens (including phenoxy) is 1. The van der Waals surface area contributed by atoms with Gasteiger partial charge < -0.3 is 9.64 Å². The molecule has 1 saturated heterocycles. The summed E-state index contributed by atoms with van der Waals surface area (Å²) in [7, 11) is 3.87. The Kier molecular flexibility index (Phi) is 5.43. The Morgan fingerprint density at radius 2 is 2.30 bits per heavy atom. The van der Waals surface area contributed by atoms with E-state index >= 15 is 0 Å². The molecule has 0 spiro atoms. The number of benzene rings is 1. The lowest BCUT2D eigenvalue weighted by Crippen LogP contribution is -2.36. The number of likely N-dealkylation sites (tertiary alicyclic amines) is 1. The predicted octanol–water partition coefficient (Wildman–Crippen LogP) is 3.57. The van der Waals surface area contributed by atoms with E-state index in [1.807, 2.05) is 24.3 Å². The van der Waals surface area contributed by atoms with Crippen molar-refractivity contribution < 1.29 is 4.74 Å². The summed E-state index contributed by atoms with van der Waals surface area (Å²) in [5.74, 6) is 0.804. The van der Waals surface area contributed by atoms with E-state index in [2.05, 4.69) is 18.0 Å². The fourth-order valence-corrected chi connectivity index (χ4v) is 3.03. The van der Waals surface area contributed by atoms with Crippen LogP contribution < -0.4 is 4.74 Å². The number of hydrogen-bond donors (Lipinski definition) is 0. The van der Waals surface area contributed by atoms with Crippen molar-refractivity contribution in [1.29, 1.82) is 5.26 Å². The van der Waals surface area contributed by atoms with Crippen molar-refractivity contribution in [3.63, 3.8) is 0 Å². The Balaban J connectivity index is 1.96. The van der Waals surface area contributed by atoms with E-state index in [-0.39, 0.29) is 5.92 Å². The van der Waals surface area contributed by atoms with Crippen LogP contribution >= 0.6 is 0 Å². The minimum Gasteiger partial charge on any atom is -0.497 e. The Morgan fingerprint density at radius 1 is 1.45 bits per heavy atom. The summed E-state index contributed by atoms with van der Waals surface area (Å²) in [6.45, 7) is 1.20. The van der Waals surface area contributed by atoms with Gasteiger partial charge in [-0.1, -0.05) is 18.6 Å². The van der Waals surface area contributed by atoms with Gasteiger partial charge >= 0.3 is 0 Å². The molecule has 1 aromatic carbocycles. The van der Waals surface area contributed by atoms with Gasteiger partial charge in [-0.3, -0.25) is 0 Å². The SMILES string of the molecule is COc1cccc(C(C#N)CCC2CCCCN2C)c1. The Morgan fingerprint density at radius 3 is 3.00 bits per heavy atom. The summed E-state index contributed by atoms with van der Waals surface area (Å²) in [6.07, 6.45) is 5.94. The van der Waals surface area contributed by atoms with Gasteiger partial charge in [-0.15, -0.1) is 0 Å². The standard InChI is InChI=1S/C17H24N2O/c1-19-11-4-3-7-16(19)10-9-15(13-18)14-6-5-8-17(12-14)20-2/h5-6,8,12,15-16H,3-4,7,9-11H2,1-2H3. The van der Waals surface area contributed by atoms with E-state index < -0.39 is 0 Å². The maximum absolute atomic E-state index is 9.43. The number of methoxy groups -OCH3 is 1. The van der Waals surface area contributed by atoms with Crippen LogP contribution in [0.25, 0.3) is 0 Å². The highest BCUT2D eigenvalue weighted by molar-refractivity contribution is 5.33. The fourth-order valence-electron chi connectivity index (χ4n) is 3.03. The maximum Gasteiger partial charge on any atom is 0.119 e. The highest BCUT2D eigenvalue weighted by Crippen LogP contribution is 2.27. The Hall–Kier alpha value is -1.53. The summed E-state index contributed by atoms with van der Waals surface area (Å²) in [6, 6.07) is 11.0. The first-order valence-corrected chi connectivity index (χ1v) is 7.48. The number of piperidine rings is 1. The normalized spacial score (nSPS) is 21.1. The molecule has 0 aromatic heterocycles. The van der Waals surface area contributed by atoms with Crippen molar-refractivity contribution in [2.24, 2.45) is 0 Å². The zero-order valence-electron chi connectivity index (χ0n) is 12.5. The summed E-state index contributed by atoms with van der Waals surface area (Å²) in [5.41, 5.74) is 1.07. The molecule has 1 fully saturated rings. The first-order chi connectivity index (χ1) is 9.74. The molecule has 0 aliphatic carbocycles. The van der Waals surface area contributed by atoms with Gasteiger partial charge in [-0.2, -0.15) is 5.26 Å². The van der Waals surface area contributed by atoms with Gasteiger partial charge in [0.15, 0.2) is 0 Å². The molecule has 3 nitrogen and oxygen atoms in total. The van der Waals surface area contributed by atoms with Crippen LogP contribution in [-0.2, 0) is 0 Å². The lowest BCUT2D eigenvalue weighted by molar-refractivity contribution is 0.173. The molecule has 0 bridgehead atoms. The second-order valence-corrected chi connectivity index (χ2v) is 5.67. The molecule has 2 unspecified atom stereocenters. The molecule has 20 heavy (non-hydrogen) atoms. The molecule has 1 aliphatic rings. The average molecular weight is 272 g/mol. The Bertz CT molecular complexity index is 466. The van der Waals surface area contributed by atoms with E-state index in [1.165, 1.54) is 25.8 Å². The molecule has 0 saturated carbocycles. The van der Waals surface area contributed by atoms with Crippen molar-refractivity contribution >= 4 is 0 Å². The maximum atomic E-state index is 9.43. The van der Waals surface area contributed by atoms with Crippen LogP contribution in [0.1, 0.15) is 43.6 Å². The zero-order chi connectivity index (χ0) is 14.4. The van der Waals surface area contributed by atoms with E-state index in [4.69, 9.17) is 4.74 Å². The summed E-state index contributed by atoms with van der Waals surface area (Å²) in [4.78, 5) is 2.45. The highest BCUT2D eigenvalue weighted by Gasteiger charge is 2.21. The van der Waals surface area contributed by atoms with Crippen molar-refractivity contribution in [1.82, 2.24) is 4.90 Å². The second-order valence-electron chi connectivity index (χ2n) is 5.67. The minimum absolute atomic E-state index is 0.0274. The van der Waals surface area contributed by atoms with Gasteiger partial charge in [0.2, 0.25) is 0 Å². The van der Waals surface area contributed by atoms with Gasteiger partial charge in [-0.25, -0.2) is 0 Å². The van der Waals surface area contributed by atoms with Crippen molar-refractivity contribution in [3.8, 4) is 11.8 Å². The molecule has 2 rings (SSSR count). The van der Waals surface area contributed by atoms with Gasteiger partial charge in [0.25, 0.3) is 0 Å². The van der Waals surface area contributed by atoms with Crippen LogP contribution in [0.2, 0.25) is 0 Å². The molecular formula is C17H24N2O. The van der Waals surface area contributed by atoms with Crippen molar-refractivity contribution in [2.75, 3.05) is 20.7 Å². The second kappa shape index (κ2) is 7.31. The molecule has 3 heteroatoms. The minimum atomic E-state index is -0.0274. The van der Waals surface area contributed by atoms with Crippen molar-refractivity contribution in [2.45, 2.75) is 44.1 Å². The van der Waals surface area contributed by atoms with E-state index in [9.17, 15) is 5.26 Å². The number of nitriles is 1. The smallest absolute Gasteiger partial charge is 0.119 e. The Labute approximate surface area is 122 Å². The van der Waals surface area contributed by atoms with Gasteiger partial charge in [0.1, 0.15) is 5.75 Å². The fraction of sp³-hybridized carbons (Fsp3) is 0.588. The summed E-state index contributed by atoms with van der Waals surface area (Å²) in [5, 5.41) is 9.43. The number of rotatable bonds is 5. The van der Waals surface area contributed by atoms with E-state index in [1.54, 1.807) is 7.11 Å². The van der Waals surface area contributed by atoms with Gasteiger partial charge in [-0.05, 0) is 57.0 Å². The van der Waals surface area contributed by atoms with Gasteiger partial charge in [0, 0.05) is 6.04 Å². The molecular weight excluding hydrogens is 248 g/mol. The number of hydrogen-bond acceptors (Lipinski definition) is 3. The zero-order valence-corrected chi connectivity index (χ0v) is 12.5. The quantitative estimate of drug-likeness (QED) is 0.822. The largest absolute Gasteiger partial charge is 0.497 e. The third-order valence-corrected chi connectivity index (χ3v) is 4.36. The molecule has 1 heterocycles. The summed E-state index contributed by atoms with van der Waals surface area (Å²) >= 11 is 0. The molecule has 0 radical (unpaired) electrons. The van der Waals surface area contributed by atoms with Gasteiger partial charge in [0.05, 0.1) is 19.1 Å². The predicted molar refractivity (Wildman–Crippen MR) is 80.9 cm³/mol. The third kappa shape index (κ3) is 3.74. The molecule has 2 atom stereocenters. The van der Waals surface area contributed by atoms with Crippen LogP contribution in [0.3, 0.4) is 0 Å². The van der Waals surface area contributed by atoms with Crippen LogP contribution in [0.4, 0.5) is 0 Å². The molecule has 1 aliphatic heterocycles. The number of nitrogens with zero attached hydrogens (tertiary/aromatic N) is 2. The van der Waals surface area contributed by atoms with Crippen LogP contribution in [-0.4, -0.2) is 31.6 Å². The van der Waals surface area contributed by atoms with Crippen LogP contribution in [0.5, 0.6) is 5.75 Å². The lowest BCUT2D eigenvalue weighted by Gasteiger charge is -2.32. The highest BCUT2D eigenvalue weighted by atomic mass is 16.5. The van der Waals surface area contributed by atoms with Crippen LogP contribution in [0, 0.1) is 11.3 Å². The van der Waals surface area contributed by atoms with E-state index in [0.29, 0.717) is 6.04 Å². The average Bonchev–Trinajstić information content (AvgIpc) is 2.50. The van der Waals surface area contributed by atoms with Crippen LogP contribution in [0.15, 0.2) is 24.3 Å². The lowest BCUT2D eigenvalue weighted by atomic mass is 9.90. The summed E-state index contributed by atoms with van der Waals surface area (Å²) < 4.78 is 5.24. The third-order valence-electron chi connectivity index (χ3n) is 4.36. The van der Waals surface area contributed by atoms with Crippen molar-refractivity contribution in [3.05, 3.63) is 29.8 Å². The van der Waals surface area contributed by atoms with E-state index in [0.717, 1.165) is 24.2 Å². The molecule has 1 aromatic rings. The first-order valence-electron chi connectivity index (χ1n) is 7.48. The topological polar surface area (TPSA) is 36.3 Å². The molecule has 108 valence electrons. The molecule has 0 N–H and O–H groups in total.